The summed E-state index contributed by atoms with van der Waals surface area (Å²) in [5.41, 5.74) is 0. The largest absolute Gasteiger partial charge is 0.447 e. The second-order valence-electron chi connectivity index (χ2n) is 2.20. The van der Waals surface area contributed by atoms with E-state index in [-0.39, 0.29) is 6.61 Å². The lowest BCUT2D eigenvalue weighted by atomic mass is 10.5. The first kappa shape index (κ1) is 9.35. The normalized spacial score (nSPS) is 10.1. The SMILES string of the molecule is O=Cc1ccc(SCCCO)o1. The van der Waals surface area contributed by atoms with E-state index in [1.165, 1.54) is 11.8 Å². The van der Waals surface area contributed by atoms with E-state index in [1.54, 1.807) is 12.1 Å². The zero-order chi connectivity index (χ0) is 8.81. The maximum Gasteiger partial charge on any atom is 0.185 e. The van der Waals surface area contributed by atoms with Crippen molar-refractivity contribution in [1.82, 2.24) is 0 Å². The number of rotatable bonds is 5. The second kappa shape index (κ2) is 5.00. The van der Waals surface area contributed by atoms with Gasteiger partial charge in [0.1, 0.15) is 0 Å². The summed E-state index contributed by atoms with van der Waals surface area (Å²) in [7, 11) is 0. The Morgan fingerprint density at radius 1 is 1.58 bits per heavy atom. The van der Waals surface area contributed by atoms with E-state index in [9.17, 15) is 4.79 Å². The van der Waals surface area contributed by atoms with E-state index < -0.39 is 0 Å². The fourth-order valence-electron chi connectivity index (χ4n) is 0.713. The molecule has 0 unspecified atom stereocenters. The van der Waals surface area contributed by atoms with Gasteiger partial charge in [0.05, 0.1) is 0 Å². The van der Waals surface area contributed by atoms with Gasteiger partial charge in [0.2, 0.25) is 0 Å². The zero-order valence-electron chi connectivity index (χ0n) is 6.53. The highest BCUT2D eigenvalue weighted by Gasteiger charge is 2.00. The first-order valence-corrected chi connectivity index (χ1v) is 4.64. The van der Waals surface area contributed by atoms with Crippen LogP contribution < -0.4 is 0 Å². The van der Waals surface area contributed by atoms with Gasteiger partial charge in [0.15, 0.2) is 17.1 Å². The minimum Gasteiger partial charge on any atom is -0.447 e. The molecular weight excluding hydrogens is 176 g/mol. The molecule has 0 aliphatic carbocycles. The molecule has 12 heavy (non-hydrogen) atoms. The minimum atomic E-state index is 0.189. The van der Waals surface area contributed by atoms with Crippen molar-refractivity contribution in [3.63, 3.8) is 0 Å². The number of aliphatic hydroxyl groups is 1. The number of thioether (sulfide) groups is 1. The van der Waals surface area contributed by atoms with Crippen LogP contribution in [0.5, 0.6) is 0 Å². The first-order chi connectivity index (χ1) is 5.86. The highest BCUT2D eigenvalue weighted by Crippen LogP contribution is 2.20. The van der Waals surface area contributed by atoms with Gasteiger partial charge in [-0.05, 0) is 18.6 Å². The van der Waals surface area contributed by atoms with E-state index in [4.69, 9.17) is 9.52 Å². The molecule has 3 nitrogen and oxygen atoms in total. The van der Waals surface area contributed by atoms with Gasteiger partial charge in [-0.15, -0.1) is 0 Å². The van der Waals surface area contributed by atoms with E-state index in [0.29, 0.717) is 12.0 Å². The number of hydrogen-bond acceptors (Lipinski definition) is 4. The van der Waals surface area contributed by atoms with Crippen LogP contribution in [-0.2, 0) is 0 Å². The van der Waals surface area contributed by atoms with Crippen molar-refractivity contribution in [3.05, 3.63) is 17.9 Å². The molecule has 0 aliphatic rings. The van der Waals surface area contributed by atoms with E-state index in [2.05, 4.69) is 0 Å². The standard InChI is InChI=1S/C8H10O3S/c9-4-1-5-12-8-3-2-7(6-10)11-8/h2-3,6,9H,1,4-5H2. The molecule has 0 fully saturated rings. The Kier molecular flexibility index (Phi) is 3.90. The summed E-state index contributed by atoms with van der Waals surface area (Å²) in [6.07, 6.45) is 1.41. The van der Waals surface area contributed by atoms with Gasteiger partial charge in [-0.1, -0.05) is 11.8 Å². The summed E-state index contributed by atoms with van der Waals surface area (Å²) in [5, 5.41) is 9.22. The Balaban J connectivity index is 2.36. The van der Waals surface area contributed by atoms with Crippen LogP contribution in [0.15, 0.2) is 21.6 Å². The Morgan fingerprint density at radius 3 is 3.00 bits per heavy atom. The lowest BCUT2D eigenvalue weighted by Gasteiger charge is -1.93. The molecule has 1 rings (SSSR count). The van der Waals surface area contributed by atoms with Crippen molar-refractivity contribution < 1.29 is 14.3 Å². The van der Waals surface area contributed by atoms with Crippen molar-refractivity contribution in [2.45, 2.75) is 11.5 Å². The molecule has 66 valence electrons. The zero-order valence-corrected chi connectivity index (χ0v) is 7.34. The number of carbonyl (C=O) groups is 1. The van der Waals surface area contributed by atoms with Gasteiger partial charge in [-0.3, -0.25) is 4.79 Å². The third-order valence-corrected chi connectivity index (χ3v) is 2.26. The van der Waals surface area contributed by atoms with Crippen LogP contribution >= 0.6 is 11.8 Å². The van der Waals surface area contributed by atoms with Crippen molar-refractivity contribution in [1.29, 1.82) is 0 Å². The van der Waals surface area contributed by atoms with Crippen LogP contribution in [0.25, 0.3) is 0 Å². The molecular formula is C8H10O3S. The number of aldehydes is 1. The smallest absolute Gasteiger partial charge is 0.185 e. The Hall–Kier alpha value is -0.740. The van der Waals surface area contributed by atoms with Crippen LogP contribution in [0.2, 0.25) is 0 Å². The summed E-state index contributed by atoms with van der Waals surface area (Å²) in [6, 6.07) is 3.39. The average molecular weight is 186 g/mol. The number of aliphatic hydroxyl groups excluding tert-OH is 1. The van der Waals surface area contributed by atoms with E-state index in [0.717, 1.165) is 17.3 Å². The maximum atomic E-state index is 10.2. The number of carbonyl (C=O) groups excluding carboxylic acids is 1. The molecule has 0 aromatic carbocycles. The summed E-state index contributed by atoms with van der Waals surface area (Å²) in [4.78, 5) is 10.2. The third-order valence-electron chi connectivity index (χ3n) is 1.27. The topological polar surface area (TPSA) is 50.4 Å². The molecule has 0 saturated carbocycles. The van der Waals surface area contributed by atoms with Crippen LogP contribution in [0.4, 0.5) is 0 Å². The molecule has 0 radical (unpaired) electrons. The quantitative estimate of drug-likeness (QED) is 0.431. The van der Waals surface area contributed by atoms with Crippen molar-refractivity contribution in [2.75, 3.05) is 12.4 Å². The molecule has 1 N–H and O–H groups in total. The monoisotopic (exact) mass is 186 g/mol. The van der Waals surface area contributed by atoms with E-state index >= 15 is 0 Å². The van der Waals surface area contributed by atoms with Gasteiger partial charge < -0.3 is 9.52 Å². The molecule has 1 aromatic heterocycles. The number of furan rings is 1. The molecule has 1 aromatic rings. The van der Waals surface area contributed by atoms with Crippen molar-refractivity contribution >= 4 is 18.0 Å². The predicted molar refractivity (Wildman–Crippen MR) is 46.5 cm³/mol. The van der Waals surface area contributed by atoms with Gasteiger partial charge in [0.25, 0.3) is 0 Å². The van der Waals surface area contributed by atoms with Gasteiger partial charge in [-0.25, -0.2) is 0 Å². The Labute approximate surface area is 74.8 Å². The van der Waals surface area contributed by atoms with Crippen molar-refractivity contribution in [3.8, 4) is 0 Å². The summed E-state index contributed by atoms with van der Waals surface area (Å²) in [6.45, 7) is 0.189. The fraction of sp³-hybridized carbons (Fsp3) is 0.375. The van der Waals surface area contributed by atoms with Gasteiger partial charge >= 0.3 is 0 Å². The summed E-state index contributed by atoms with van der Waals surface area (Å²) >= 11 is 1.50. The van der Waals surface area contributed by atoms with Gasteiger partial charge in [0, 0.05) is 12.4 Å². The fourth-order valence-corrected chi connectivity index (χ4v) is 1.51. The van der Waals surface area contributed by atoms with Gasteiger partial charge in [-0.2, -0.15) is 0 Å². The Morgan fingerprint density at radius 2 is 2.42 bits per heavy atom. The molecule has 0 bridgehead atoms. The molecule has 1 heterocycles. The highest BCUT2D eigenvalue weighted by molar-refractivity contribution is 7.99. The first-order valence-electron chi connectivity index (χ1n) is 3.65. The minimum absolute atomic E-state index is 0.189. The molecule has 0 aliphatic heterocycles. The summed E-state index contributed by atoms with van der Waals surface area (Å²) in [5.74, 6) is 1.16. The van der Waals surface area contributed by atoms with Crippen LogP contribution in [0.3, 0.4) is 0 Å². The van der Waals surface area contributed by atoms with Crippen LogP contribution in [0.1, 0.15) is 17.0 Å². The lowest BCUT2D eigenvalue weighted by Crippen LogP contribution is -1.84. The molecule has 0 amide bonds. The highest BCUT2D eigenvalue weighted by atomic mass is 32.2. The summed E-state index contributed by atoms with van der Waals surface area (Å²) < 4.78 is 5.09. The molecule has 0 spiro atoms. The maximum absolute atomic E-state index is 10.2. The third kappa shape index (κ3) is 2.71. The lowest BCUT2D eigenvalue weighted by molar-refractivity contribution is 0.109. The molecule has 0 atom stereocenters. The van der Waals surface area contributed by atoms with Crippen molar-refractivity contribution in [2.24, 2.45) is 0 Å². The number of hydrogen-bond donors (Lipinski definition) is 1. The van der Waals surface area contributed by atoms with Crippen LogP contribution in [0, 0.1) is 0 Å². The second-order valence-corrected chi connectivity index (χ2v) is 3.30. The molecule has 4 heteroatoms. The van der Waals surface area contributed by atoms with Crippen LogP contribution in [-0.4, -0.2) is 23.8 Å². The average Bonchev–Trinajstić information content (AvgIpc) is 2.53. The predicted octanol–water partition coefficient (Wildman–Crippen LogP) is 1.57. The van der Waals surface area contributed by atoms with E-state index in [1.807, 2.05) is 0 Å². The molecule has 0 saturated heterocycles. The Bertz CT molecular complexity index is 244.